The molecular weight excluding hydrogens is 332 g/mol. The monoisotopic (exact) mass is 366 g/mol. The van der Waals surface area contributed by atoms with Crippen molar-refractivity contribution in [3.8, 4) is 0 Å². The van der Waals surface area contributed by atoms with Gasteiger partial charge in [0.25, 0.3) is 0 Å². The van der Waals surface area contributed by atoms with E-state index < -0.39 is 15.5 Å². The molecule has 0 atom stereocenters. The maximum Gasteiger partial charge on any atom is 0.234 e. The SMILES string of the molecule is C.C.C[Si](C)(C)CCCN=C=O.C[Si](C)(Cl)CCCN=C=O. The Kier molecular flexibility index (Phi) is 22.6. The van der Waals surface area contributed by atoms with Crippen LogP contribution in [-0.4, -0.2) is 40.7 Å². The average molecular weight is 367 g/mol. The first kappa shape index (κ1) is 29.5. The van der Waals surface area contributed by atoms with Crippen LogP contribution in [0.3, 0.4) is 0 Å². The van der Waals surface area contributed by atoms with Crippen molar-refractivity contribution in [2.24, 2.45) is 9.98 Å². The summed E-state index contributed by atoms with van der Waals surface area (Å²) in [5.74, 6) is 0. The molecule has 0 unspecified atom stereocenters. The van der Waals surface area contributed by atoms with Gasteiger partial charge < -0.3 is 0 Å². The van der Waals surface area contributed by atoms with Gasteiger partial charge in [-0.2, -0.15) is 11.1 Å². The Hall–Kier alpha value is -0.516. The molecule has 0 heterocycles. The number of hydrogen-bond acceptors (Lipinski definition) is 4. The van der Waals surface area contributed by atoms with E-state index in [4.69, 9.17) is 11.1 Å². The van der Waals surface area contributed by atoms with Crippen LogP contribution in [0.2, 0.25) is 44.8 Å². The molecule has 0 radical (unpaired) electrons. The fraction of sp³-hybridized carbons (Fsp3) is 0.867. The molecule has 0 aromatic rings. The Labute approximate surface area is 144 Å². The molecule has 22 heavy (non-hydrogen) atoms. The van der Waals surface area contributed by atoms with Crippen molar-refractivity contribution >= 4 is 38.7 Å². The van der Waals surface area contributed by atoms with E-state index >= 15 is 0 Å². The standard InChI is InChI=1S/C7H15NOSi.C6H12ClNOSi.2CH4/c1-10(2,3)6-4-5-8-7-9;1-10(2,7)5-3-4-8-6-9;;/h4-6H2,1-3H3;3-5H2,1-2H3;2*1H4. The van der Waals surface area contributed by atoms with Crippen LogP contribution < -0.4 is 0 Å². The Morgan fingerprint density at radius 3 is 1.45 bits per heavy atom. The minimum atomic E-state index is -1.42. The minimum absolute atomic E-state index is 0. The quantitative estimate of drug-likeness (QED) is 0.188. The molecule has 0 aromatic carbocycles. The first-order valence-electron chi connectivity index (χ1n) is 6.88. The van der Waals surface area contributed by atoms with Crippen LogP contribution >= 0.6 is 11.1 Å². The van der Waals surface area contributed by atoms with Gasteiger partial charge >= 0.3 is 0 Å². The highest BCUT2D eigenvalue weighted by Crippen LogP contribution is 2.15. The third kappa shape index (κ3) is 36.6. The molecule has 0 fully saturated rings. The molecule has 7 heteroatoms. The largest absolute Gasteiger partial charge is 0.234 e. The maximum atomic E-state index is 9.65. The molecule has 0 aliphatic rings. The van der Waals surface area contributed by atoms with Gasteiger partial charge in [-0.1, -0.05) is 53.6 Å². The lowest BCUT2D eigenvalue weighted by Crippen LogP contribution is -2.18. The van der Waals surface area contributed by atoms with Gasteiger partial charge in [-0.05, 0) is 18.9 Å². The van der Waals surface area contributed by atoms with Crippen molar-refractivity contribution in [3.63, 3.8) is 0 Å². The zero-order chi connectivity index (χ0) is 16.1. The molecule has 0 saturated heterocycles. The summed E-state index contributed by atoms with van der Waals surface area (Å²) < 4.78 is 0. The van der Waals surface area contributed by atoms with Crippen LogP contribution in [0.15, 0.2) is 9.98 Å². The van der Waals surface area contributed by atoms with Gasteiger partial charge in [0.05, 0.1) is 13.1 Å². The zero-order valence-corrected chi connectivity index (χ0v) is 16.1. The number of rotatable bonds is 8. The van der Waals surface area contributed by atoms with Crippen molar-refractivity contribution < 1.29 is 9.59 Å². The summed E-state index contributed by atoms with van der Waals surface area (Å²) >= 11 is 6.01. The number of isocyanates is 2. The van der Waals surface area contributed by atoms with Crippen LogP contribution in [0.1, 0.15) is 27.7 Å². The molecule has 0 aliphatic carbocycles. The van der Waals surface area contributed by atoms with Gasteiger partial charge in [0.2, 0.25) is 12.2 Å². The zero-order valence-electron chi connectivity index (χ0n) is 13.3. The van der Waals surface area contributed by atoms with Gasteiger partial charge in [-0.25, -0.2) is 19.6 Å². The lowest BCUT2D eigenvalue weighted by atomic mass is 10.5. The second kappa shape index (κ2) is 16.8. The van der Waals surface area contributed by atoms with E-state index in [9.17, 15) is 9.59 Å². The van der Waals surface area contributed by atoms with Crippen LogP contribution in [0.25, 0.3) is 0 Å². The summed E-state index contributed by atoms with van der Waals surface area (Å²) in [6, 6.07) is 2.26. The van der Waals surface area contributed by atoms with Crippen molar-refractivity contribution in [3.05, 3.63) is 0 Å². The van der Waals surface area contributed by atoms with Crippen molar-refractivity contribution in [2.45, 2.75) is 72.5 Å². The summed E-state index contributed by atoms with van der Waals surface area (Å²) in [7, 11) is -2.32. The van der Waals surface area contributed by atoms with E-state index in [1.165, 1.54) is 12.1 Å². The molecule has 4 nitrogen and oxygen atoms in total. The fourth-order valence-corrected chi connectivity index (χ4v) is 3.98. The van der Waals surface area contributed by atoms with Crippen molar-refractivity contribution in [1.82, 2.24) is 0 Å². The molecule has 0 amide bonds. The highest BCUT2D eigenvalue weighted by molar-refractivity contribution is 7.19. The summed E-state index contributed by atoms with van der Waals surface area (Å²) in [5.41, 5.74) is 0. The predicted molar refractivity (Wildman–Crippen MR) is 105 cm³/mol. The summed E-state index contributed by atoms with van der Waals surface area (Å²) in [6.07, 6.45) is 5.01. The highest BCUT2D eigenvalue weighted by Gasteiger charge is 2.15. The first-order valence-corrected chi connectivity index (χ1v) is 14.8. The van der Waals surface area contributed by atoms with Crippen LogP contribution in [0, 0.1) is 0 Å². The fourth-order valence-electron chi connectivity index (χ4n) is 1.36. The third-order valence-corrected chi connectivity index (χ3v) is 6.33. The number of carbonyl (C=O) groups excluding carboxylic acids is 2. The van der Waals surface area contributed by atoms with Gasteiger partial charge in [0, 0.05) is 8.07 Å². The van der Waals surface area contributed by atoms with Crippen molar-refractivity contribution in [1.29, 1.82) is 0 Å². The Morgan fingerprint density at radius 1 is 0.818 bits per heavy atom. The number of hydrogen-bond donors (Lipinski definition) is 0. The van der Waals surface area contributed by atoms with E-state index in [1.807, 2.05) is 0 Å². The molecular formula is C15H35ClN2O2Si2. The molecule has 0 aliphatic heterocycles. The number of nitrogens with zero attached hydrogens (tertiary/aromatic N) is 2. The van der Waals surface area contributed by atoms with Gasteiger partial charge in [0.1, 0.15) is 0 Å². The highest BCUT2D eigenvalue weighted by atomic mass is 35.6. The lowest BCUT2D eigenvalue weighted by Gasteiger charge is -2.13. The van der Waals surface area contributed by atoms with E-state index in [-0.39, 0.29) is 14.9 Å². The van der Waals surface area contributed by atoms with Gasteiger partial charge in [-0.3, -0.25) is 0 Å². The summed E-state index contributed by atoms with van der Waals surface area (Å²) in [6.45, 7) is 12.4. The Balaban J connectivity index is -0.000000135. The van der Waals surface area contributed by atoms with Crippen molar-refractivity contribution in [2.75, 3.05) is 13.1 Å². The summed E-state index contributed by atoms with van der Waals surface area (Å²) in [5, 5.41) is 0. The molecule has 0 spiro atoms. The molecule has 132 valence electrons. The molecule has 0 saturated carbocycles. The normalized spacial score (nSPS) is 9.73. The average Bonchev–Trinajstić information content (AvgIpc) is 2.29. The van der Waals surface area contributed by atoms with Gasteiger partial charge in [0.15, 0.2) is 7.38 Å². The predicted octanol–water partition coefficient (Wildman–Crippen LogP) is 5.48. The molecule has 0 bridgehead atoms. The van der Waals surface area contributed by atoms with Gasteiger partial charge in [-0.15, -0.1) is 0 Å². The second-order valence-electron chi connectivity index (χ2n) is 6.43. The van der Waals surface area contributed by atoms with E-state index in [2.05, 4.69) is 42.7 Å². The lowest BCUT2D eigenvalue weighted by molar-refractivity contribution is 0.562. The number of aliphatic imine (C=N–C) groups is 2. The van der Waals surface area contributed by atoms with E-state index in [0.29, 0.717) is 13.1 Å². The molecule has 0 rings (SSSR count). The second-order valence-corrected chi connectivity index (χ2v) is 19.1. The third-order valence-electron chi connectivity index (χ3n) is 2.37. The smallest absolute Gasteiger partial charge is 0.211 e. The van der Waals surface area contributed by atoms with E-state index in [1.54, 1.807) is 6.08 Å². The van der Waals surface area contributed by atoms with Crippen LogP contribution in [-0.2, 0) is 9.59 Å². The Morgan fingerprint density at radius 2 is 1.18 bits per heavy atom. The van der Waals surface area contributed by atoms with E-state index in [0.717, 1.165) is 18.9 Å². The Bertz CT molecular complexity index is 306. The minimum Gasteiger partial charge on any atom is -0.211 e. The first-order chi connectivity index (χ1) is 9.12. The molecule has 0 N–H and O–H groups in total. The number of halogens is 1. The summed E-state index contributed by atoms with van der Waals surface area (Å²) in [4.78, 5) is 26.2. The van der Waals surface area contributed by atoms with Crippen LogP contribution in [0.4, 0.5) is 0 Å². The molecule has 0 aromatic heterocycles. The maximum absolute atomic E-state index is 9.65. The van der Waals surface area contributed by atoms with Crippen LogP contribution in [0.5, 0.6) is 0 Å². The topological polar surface area (TPSA) is 58.9 Å².